The fourth-order valence-electron chi connectivity index (χ4n) is 3.52. The van der Waals surface area contributed by atoms with E-state index in [2.05, 4.69) is 17.5 Å². The van der Waals surface area contributed by atoms with Crippen LogP contribution >= 0.6 is 0 Å². The van der Waals surface area contributed by atoms with Crippen molar-refractivity contribution in [1.29, 1.82) is 0 Å². The molecule has 0 aromatic carbocycles. The van der Waals surface area contributed by atoms with Crippen LogP contribution in [0, 0.1) is 5.92 Å². The normalized spacial score (nSPS) is 22.0. The number of nitrogens with zero attached hydrogens (tertiary/aromatic N) is 2. The minimum Gasteiger partial charge on any atom is -0.350 e. The quantitative estimate of drug-likeness (QED) is 0.814. The number of hydrogen-bond donors (Lipinski definition) is 1. The predicted octanol–water partition coefficient (Wildman–Crippen LogP) is 2.29. The van der Waals surface area contributed by atoms with Crippen molar-refractivity contribution in [3.05, 3.63) is 30.1 Å². The van der Waals surface area contributed by atoms with Crippen molar-refractivity contribution in [2.75, 3.05) is 19.6 Å². The molecule has 1 N–H and O–H groups in total. The van der Waals surface area contributed by atoms with Gasteiger partial charge in [0.1, 0.15) is 10.6 Å². The van der Waals surface area contributed by atoms with Crippen LogP contribution in [0.4, 0.5) is 0 Å². The summed E-state index contributed by atoms with van der Waals surface area (Å²) in [6, 6.07) is 1.50. The summed E-state index contributed by atoms with van der Waals surface area (Å²) < 4.78 is 28.6. The lowest BCUT2D eigenvalue weighted by Crippen LogP contribution is -2.35. The van der Waals surface area contributed by atoms with E-state index in [9.17, 15) is 13.2 Å². The first-order valence-corrected chi connectivity index (χ1v) is 10.5. The molecular formula is C18H27N3O3S. The molecule has 1 fully saturated rings. The highest BCUT2D eigenvalue weighted by Gasteiger charge is 2.28. The lowest BCUT2D eigenvalue weighted by molar-refractivity contribution is 0.0938. The van der Waals surface area contributed by atoms with Crippen LogP contribution in [0.25, 0.3) is 0 Å². The Labute approximate surface area is 149 Å². The van der Waals surface area contributed by atoms with Gasteiger partial charge in [-0.3, -0.25) is 4.79 Å². The van der Waals surface area contributed by atoms with Crippen LogP contribution in [0.15, 0.2) is 29.3 Å². The number of aryl methyl sites for hydroxylation is 1. The third kappa shape index (κ3) is 4.15. The molecule has 0 saturated carbocycles. The van der Waals surface area contributed by atoms with E-state index >= 15 is 0 Å². The fourth-order valence-corrected chi connectivity index (χ4v) is 5.11. The zero-order valence-corrected chi connectivity index (χ0v) is 15.6. The van der Waals surface area contributed by atoms with Gasteiger partial charge in [0.15, 0.2) is 0 Å². The molecule has 0 bridgehead atoms. The van der Waals surface area contributed by atoms with Crippen LogP contribution in [0.5, 0.6) is 0 Å². The summed E-state index contributed by atoms with van der Waals surface area (Å²) in [5.74, 6) is 0.253. The SMILES string of the molecule is Cn1cc(S(=O)(=O)N2CCCCC2)cc1C(=O)NCC1CC=CCC1. The molecule has 25 heavy (non-hydrogen) atoms. The van der Waals surface area contributed by atoms with E-state index in [1.54, 1.807) is 17.8 Å². The molecule has 1 saturated heterocycles. The third-order valence-electron chi connectivity index (χ3n) is 5.09. The molecule has 1 atom stereocenters. The van der Waals surface area contributed by atoms with Crippen molar-refractivity contribution >= 4 is 15.9 Å². The summed E-state index contributed by atoms with van der Waals surface area (Å²) in [7, 11) is -1.79. The Morgan fingerprint density at radius 1 is 1.24 bits per heavy atom. The van der Waals surface area contributed by atoms with Crippen LogP contribution in [0.1, 0.15) is 49.0 Å². The molecule has 1 aliphatic heterocycles. The lowest BCUT2D eigenvalue weighted by atomic mass is 9.94. The molecule has 3 rings (SSSR count). The van der Waals surface area contributed by atoms with E-state index in [1.807, 2.05) is 0 Å². The van der Waals surface area contributed by atoms with Crippen LogP contribution in [-0.2, 0) is 17.1 Å². The lowest BCUT2D eigenvalue weighted by Gasteiger charge is -2.25. The van der Waals surface area contributed by atoms with Crippen molar-refractivity contribution in [3.63, 3.8) is 0 Å². The van der Waals surface area contributed by atoms with E-state index < -0.39 is 10.0 Å². The number of hydrogen-bond acceptors (Lipinski definition) is 3. The van der Waals surface area contributed by atoms with Gasteiger partial charge in [-0.1, -0.05) is 18.6 Å². The van der Waals surface area contributed by atoms with Crippen LogP contribution in [0.2, 0.25) is 0 Å². The number of allylic oxidation sites excluding steroid dienone is 2. The summed E-state index contributed by atoms with van der Waals surface area (Å²) in [5.41, 5.74) is 0.391. The molecule has 1 unspecified atom stereocenters. The standard InChI is InChI=1S/C18H27N3O3S/c1-20-14-16(25(23,24)21-10-6-3-7-11-21)12-17(20)18(22)19-13-15-8-4-2-5-9-15/h2,4,12,14-15H,3,5-11,13H2,1H3,(H,19,22). The van der Waals surface area contributed by atoms with Crippen molar-refractivity contribution in [2.45, 2.75) is 43.4 Å². The summed E-state index contributed by atoms with van der Waals surface area (Å²) >= 11 is 0. The molecule has 138 valence electrons. The number of carbonyl (C=O) groups is 1. The monoisotopic (exact) mass is 365 g/mol. The maximum absolute atomic E-state index is 12.8. The van der Waals surface area contributed by atoms with Gasteiger partial charge in [0, 0.05) is 32.9 Å². The minimum atomic E-state index is -3.51. The number of aromatic nitrogens is 1. The second kappa shape index (κ2) is 7.74. The molecule has 2 aliphatic rings. The molecule has 2 heterocycles. The third-order valence-corrected chi connectivity index (χ3v) is 6.96. The zero-order chi connectivity index (χ0) is 17.9. The Kier molecular flexibility index (Phi) is 5.64. The van der Waals surface area contributed by atoms with Gasteiger partial charge < -0.3 is 9.88 Å². The van der Waals surface area contributed by atoms with Crippen LogP contribution in [-0.4, -0.2) is 42.8 Å². The van der Waals surface area contributed by atoms with E-state index in [0.717, 1.165) is 38.5 Å². The van der Waals surface area contributed by atoms with Crippen LogP contribution in [0.3, 0.4) is 0 Å². The molecule has 0 radical (unpaired) electrons. The summed E-state index contributed by atoms with van der Waals surface area (Å²) in [6.07, 6.45) is 11.9. The Morgan fingerprint density at radius 3 is 2.68 bits per heavy atom. The largest absolute Gasteiger partial charge is 0.350 e. The Morgan fingerprint density at radius 2 is 2.00 bits per heavy atom. The van der Waals surface area contributed by atoms with Gasteiger partial charge in [-0.2, -0.15) is 4.31 Å². The Hall–Kier alpha value is -1.60. The molecular weight excluding hydrogens is 338 g/mol. The second-order valence-electron chi connectivity index (χ2n) is 7.00. The molecule has 1 aromatic rings. The maximum Gasteiger partial charge on any atom is 0.267 e. The van der Waals surface area contributed by atoms with Crippen molar-refractivity contribution in [1.82, 2.24) is 14.2 Å². The number of nitrogens with one attached hydrogen (secondary N) is 1. The van der Waals surface area contributed by atoms with E-state index in [0.29, 0.717) is 31.2 Å². The van der Waals surface area contributed by atoms with Gasteiger partial charge >= 0.3 is 0 Å². The molecule has 7 heteroatoms. The smallest absolute Gasteiger partial charge is 0.267 e. The highest BCUT2D eigenvalue weighted by Crippen LogP contribution is 2.22. The van der Waals surface area contributed by atoms with E-state index in [4.69, 9.17) is 0 Å². The number of piperidine rings is 1. The first-order valence-electron chi connectivity index (χ1n) is 9.08. The number of amides is 1. The molecule has 6 nitrogen and oxygen atoms in total. The zero-order valence-electron chi connectivity index (χ0n) is 14.8. The fraction of sp³-hybridized carbons (Fsp3) is 0.611. The molecule has 1 amide bonds. The van der Waals surface area contributed by atoms with Gasteiger partial charge in [0.25, 0.3) is 5.91 Å². The average molecular weight is 365 g/mol. The van der Waals surface area contributed by atoms with Crippen LogP contribution < -0.4 is 5.32 Å². The first-order chi connectivity index (χ1) is 12.0. The van der Waals surface area contributed by atoms with Gasteiger partial charge in [0.05, 0.1) is 0 Å². The summed E-state index contributed by atoms with van der Waals surface area (Å²) in [4.78, 5) is 12.7. The molecule has 1 aliphatic carbocycles. The summed E-state index contributed by atoms with van der Waals surface area (Å²) in [6.45, 7) is 1.75. The average Bonchev–Trinajstić information content (AvgIpc) is 3.04. The second-order valence-corrected chi connectivity index (χ2v) is 8.94. The molecule has 1 aromatic heterocycles. The van der Waals surface area contributed by atoms with Gasteiger partial charge in [-0.05, 0) is 44.1 Å². The highest BCUT2D eigenvalue weighted by atomic mass is 32.2. The van der Waals surface area contributed by atoms with Crippen molar-refractivity contribution < 1.29 is 13.2 Å². The van der Waals surface area contributed by atoms with Gasteiger partial charge in [-0.15, -0.1) is 0 Å². The van der Waals surface area contributed by atoms with E-state index in [1.165, 1.54) is 10.4 Å². The van der Waals surface area contributed by atoms with E-state index in [-0.39, 0.29) is 10.8 Å². The first kappa shape index (κ1) is 18.2. The van der Waals surface area contributed by atoms with Crippen molar-refractivity contribution in [2.24, 2.45) is 13.0 Å². The summed E-state index contributed by atoms with van der Waals surface area (Å²) in [5, 5.41) is 2.95. The molecule has 0 spiro atoms. The Bertz CT molecular complexity index is 746. The van der Waals surface area contributed by atoms with Gasteiger partial charge in [-0.25, -0.2) is 8.42 Å². The minimum absolute atomic E-state index is 0.211. The van der Waals surface area contributed by atoms with Gasteiger partial charge in [0.2, 0.25) is 10.0 Å². The predicted molar refractivity (Wildman–Crippen MR) is 96.8 cm³/mol. The number of sulfonamides is 1. The topological polar surface area (TPSA) is 71.4 Å². The van der Waals surface area contributed by atoms with Crippen molar-refractivity contribution in [3.8, 4) is 0 Å². The Balaban J connectivity index is 1.68. The number of rotatable bonds is 5. The maximum atomic E-state index is 12.8. The number of carbonyl (C=O) groups excluding carboxylic acids is 1. The highest BCUT2D eigenvalue weighted by molar-refractivity contribution is 7.89.